The van der Waals surface area contributed by atoms with E-state index in [1.165, 1.54) is 13.2 Å². The highest BCUT2D eigenvalue weighted by molar-refractivity contribution is 6.12. The number of aryl methyl sites for hydroxylation is 1. The number of benzene rings is 3. The molecule has 0 radical (unpaired) electrons. The molecule has 8 heteroatoms. The number of ether oxygens (including phenoxy) is 1. The Bertz CT molecular complexity index is 1770. The van der Waals surface area contributed by atoms with Crippen molar-refractivity contribution in [2.45, 2.75) is 13.2 Å². The standard InChI is InChI=1S/C28H20N2O6/c1-16-12-25(31)34-23-15-24(33-2)21(14-19(16)23)30-26(17-8-4-3-5-9-17)29-36-27(30)20-13-18-10-6-7-11-22(18)35-28(20)32/h3-15,27H,1-2H3. The number of oxime groups is 1. The van der Waals surface area contributed by atoms with Crippen molar-refractivity contribution in [1.29, 1.82) is 0 Å². The molecule has 3 heterocycles. The molecular formula is C28H20N2O6. The van der Waals surface area contributed by atoms with E-state index in [1.54, 1.807) is 29.2 Å². The van der Waals surface area contributed by atoms with Crippen LogP contribution < -0.4 is 20.9 Å². The van der Waals surface area contributed by atoms with E-state index in [0.717, 1.165) is 16.5 Å². The van der Waals surface area contributed by atoms with Crippen LogP contribution in [0.25, 0.3) is 21.9 Å². The highest BCUT2D eigenvalue weighted by atomic mass is 16.7. The zero-order chi connectivity index (χ0) is 24.8. The van der Waals surface area contributed by atoms with Crippen LogP contribution in [0.5, 0.6) is 5.75 Å². The van der Waals surface area contributed by atoms with Crippen molar-refractivity contribution in [3.8, 4) is 5.75 Å². The number of anilines is 1. The first-order chi connectivity index (χ1) is 17.5. The summed E-state index contributed by atoms with van der Waals surface area (Å²) in [4.78, 5) is 32.7. The molecular weight excluding hydrogens is 460 g/mol. The summed E-state index contributed by atoms with van der Waals surface area (Å²) in [6.45, 7) is 1.83. The van der Waals surface area contributed by atoms with E-state index in [0.29, 0.717) is 33.8 Å². The maximum atomic E-state index is 13.1. The fraction of sp³-hybridized carbons (Fsp3) is 0.107. The molecule has 0 aliphatic carbocycles. The second kappa shape index (κ2) is 8.42. The Morgan fingerprint density at radius 3 is 2.47 bits per heavy atom. The number of amidine groups is 1. The number of para-hydroxylation sites is 1. The molecule has 0 spiro atoms. The lowest BCUT2D eigenvalue weighted by molar-refractivity contribution is 0.0842. The molecule has 0 bridgehead atoms. The molecule has 1 aliphatic rings. The van der Waals surface area contributed by atoms with Crippen LogP contribution in [0.1, 0.15) is 22.9 Å². The monoisotopic (exact) mass is 480 g/mol. The number of methoxy groups -OCH3 is 1. The molecule has 5 aromatic rings. The molecule has 3 aromatic carbocycles. The van der Waals surface area contributed by atoms with Crippen molar-refractivity contribution in [3.63, 3.8) is 0 Å². The smallest absolute Gasteiger partial charge is 0.345 e. The van der Waals surface area contributed by atoms with Crippen LogP contribution >= 0.6 is 0 Å². The molecule has 0 fully saturated rings. The third-order valence-electron chi connectivity index (χ3n) is 6.18. The zero-order valence-corrected chi connectivity index (χ0v) is 19.4. The van der Waals surface area contributed by atoms with Crippen LogP contribution in [0, 0.1) is 6.92 Å². The van der Waals surface area contributed by atoms with E-state index in [-0.39, 0.29) is 5.56 Å². The van der Waals surface area contributed by atoms with Gasteiger partial charge in [0.25, 0.3) is 0 Å². The van der Waals surface area contributed by atoms with E-state index in [2.05, 4.69) is 5.16 Å². The summed E-state index contributed by atoms with van der Waals surface area (Å²) in [5, 5.41) is 5.84. The molecule has 0 amide bonds. The first kappa shape index (κ1) is 21.7. The molecule has 8 nitrogen and oxygen atoms in total. The lowest BCUT2D eigenvalue weighted by Gasteiger charge is -2.27. The molecule has 6 rings (SSSR count). The van der Waals surface area contributed by atoms with Gasteiger partial charge in [-0.15, -0.1) is 0 Å². The number of nitrogens with zero attached hydrogens (tertiary/aromatic N) is 2. The third kappa shape index (κ3) is 3.51. The largest absolute Gasteiger partial charge is 0.494 e. The molecule has 1 aliphatic heterocycles. The minimum absolute atomic E-state index is 0.279. The van der Waals surface area contributed by atoms with Gasteiger partial charge in [-0.25, -0.2) is 9.59 Å². The maximum absolute atomic E-state index is 13.1. The summed E-state index contributed by atoms with van der Waals surface area (Å²) < 4.78 is 16.7. The molecule has 0 saturated carbocycles. The van der Waals surface area contributed by atoms with Crippen LogP contribution in [-0.2, 0) is 4.84 Å². The fourth-order valence-electron chi connectivity index (χ4n) is 4.45. The zero-order valence-electron chi connectivity index (χ0n) is 19.4. The Kier molecular flexibility index (Phi) is 5.07. The van der Waals surface area contributed by atoms with E-state index in [9.17, 15) is 9.59 Å². The first-order valence-corrected chi connectivity index (χ1v) is 11.3. The van der Waals surface area contributed by atoms with Gasteiger partial charge < -0.3 is 18.4 Å². The van der Waals surface area contributed by atoms with Crippen molar-refractivity contribution in [2.75, 3.05) is 12.0 Å². The summed E-state index contributed by atoms with van der Waals surface area (Å²) in [6, 6.07) is 23.4. The van der Waals surface area contributed by atoms with Gasteiger partial charge in [-0.1, -0.05) is 53.7 Å². The van der Waals surface area contributed by atoms with Gasteiger partial charge in [-0.2, -0.15) is 0 Å². The number of hydrogen-bond donors (Lipinski definition) is 0. The van der Waals surface area contributed by atoms with Crippen molar-refractivity contribution >= 4 is 33.5 Å². The maximum Gasteiger partial charge on any atom is 0.345 e. The predicted molar refractivity (Wildman–Crippen MR) is 136 cm³/mol. The SMILES string of the molecule is COc1cc2oc(=O)cc(C)c2cc1N1C(c2ccccc2)=NOC1c1cc2ccccc2oc1=O. The Hall–Kier alpha value is -4.85. The highest BCUT2D eigenvalue weighted by Gasteiger charge is 2.38. The summed E-state index contributed by atoms with van der Waals surface area (Å²) in [6.07, 6.45) is -0.927. The summed E-state index contributed by atoms with van der Waals surface area (Å²) in [5.74, 6) is 0.904. The Labute approximate surface area is 204 Å². The van der Waals surface area contributed by atoms with Gasteiger partial charge >= 0.3 is 11.3 Å². The Morgan fingerprint density at radius 2 is 1.67 bits per heavy atom. The van der Waals surface area contributed by atoms with Crippen LogP contribution in [0.4, 0.5) is 5.69 Å². The van der Waals surface area contributed by atoms with Crippen LogP contribution in [-0.4, -0.2) is 12.9 Å². The quantitative estimate of drug-likeness (QED) is 0.330. The molecule has 0 saturated heterocycles. The molecule has 1 unspecified atom stereocenters. The van der Waals surface area contributed by atoms with Gasteiger partial charge in [0.1, 0.15) is 22.5 Å². The predicted octanol–water partition coefficient (Wildman–Crippen LogP) is 5.11. The second-order valence-corrected chi connectivity index (χ2v) is 8.40. The van der Waals surface area contributed by atoms with Gasteiger partial charge in [0.05, 0.1) is 12.8 Å². The summed E-state index contributed by atoms with van der Waals surface area (Å²) in [7, 11) is 1.52. The fourth-order valence-corrected chi connectivity index (χ4v) is 4.45. The van der Waals surface area contributed by atoms with Gasteiger partial charge in [-0.3, -0.25) is 4.90 Å². The lowest BCUT2D eigenvalue weighted by Crippen LogP contribution is -2.34. The molecule has 36 heavy (non-hydrogen) atoms. The van der Waals surface area contributed by atoms with Crippen LogP contribution in [0.2, 0.25) is 0 Å². The molecule has 2 aromatic heterocycles. The number of rotatable bonds is 4. The van der Waals surface area contributed by atoms with E-state index >= 15 is 0 Å². The molecule has 1 atom stereocenters. The average Bonchev–Trinajstić information content (AvgIpc) is 3.32. The van der Waals surface area contributed by atoms with E-state index < -0.39 is 17.5 Å². The third-order valence-corrected chi connectivity index (χ3v) is 6.18. The minimum Gasteiger partial charge on any atom is -0.494 e. The van der Waals surface area contributed by atoms with Crippen molar-refractivity contribution in [2.24, 2.45) is 5.16 Å². The summed E-state index contributed by atoms with van der Waals surface area (Å²) >= 11 is 0. The van der Waals surface area contributed by atoms with Gasteiger partial charge in [0, 0.05) is 28.5 Å². The van der Waals surface area contributed by atoms with Gasteiger partial charge in [0.15, 0.2) is 5.84 Å². The van der Waals surface area contributed by atoms with Crippen LogP contribution in [0.15, 0.2) is 102 Å². The Morgan fingerprint density at radius 1 is 0.889 bits per heavy atom. The van der Waals surface area contributed by atoms with Crippen LogP contribution in [0.3, 0.4) is 0 Å². The lowest BCUT2D eigenvalue weighted by atomic mass is 10.1. The normalized spacial score (nSPS) is 15.2. The highest BCUT2D eigenvalue weighted by Crippen LogP contribution is 2.42. The topological polar surface area (TPSA) is 94.5 Å². The number of fused-ring (bicyclic) bond motifs is 2. The summed E-state index contributed by atoms with van der Waals surface area (Å²) in [5.41, 5.74) is 2.28. The molecule has 0 N–H and O–H groups in total. The van der Waals surface area contributed by atoms with E-state index in [1.807, 2.05) is 55.5 Å². The Balaban J connectivity index is 1.60. The van der Waals surface area contributed by atoms with E-state index in [4.69, 9.17) is 18.4 Å². The van der Waals surface area contributed by atoms with Crippen molar-refractivity contribution < 1.29 is 18.4 Å². The van der Waals surface area contributed by atoms with Gasteiger partial charge in [-0.05, 0) is 30.7 Å². The second-order valence-electron chi connectivity index (χ2n) is 8.40. The number of hydrogen-bond acceptors (Lipinski definition) is 8. The van der Waals surface area contributed by atoms with Crippen molar-refractivity contribution in [3.05, 3.63) is 116 Å². The first-order valence-electron chi connectivity index (χ1n) is 11.3. The van der Waals surface area contributed by atoms with Crippen molar-refractivity contribution in [1.82, 2.24) is 0 Å². The molecule has 178 valence electrons. The average molecular weight is 480 g/mol. The minimum atomic E-state index is -0.927. The van der Waals surface area contributed by atoms with Gasteiger partial charge in [0.2, 0.25) is 6.23 Å².